The van der Waals surface area contributed by atoms with Crippen LogP contribution in [0.4, 0.5) is 0 Å². The summed E-state index contributed by atoms with van der Waals surface area (Å²) in [7, 11) is 0. The fraction of sp³-hybridized carbons (Fsp3) is 0.600. The molecule has 1 aromatic heterocycles. The van der Waals surface area contributed by atoms with Gasteiger partial charge in [0.05, 0.1) is 6.61 Å². The van der Waals surface area contributed by atoms with Crippen LogP contribution in [-0.2, 0) is 16.1 Å². The maximum atomic E-state index is 12.0. The van der Waals surface area contributed by atoms with Crippen LogP contribution in [-0.4, -0.2) is 29.1 Å². The van der Waals surface area contributed by atoms with E-state index in [2.05, 4.69) is 5.32 Å². The first kappa shape index (κ1) is 14.6. The minimum absolute atomic E-state index is 0.0435. The van der Waals surface area contributed by atoms with Crippen molar-refractivity contribution in [3.63, 3.8) is 0 Å². The normalized spacial score (nSPS) is 15.3. The zero-order valence-corrected chi connectivity index (χ0v) is 12.1. The largest absolute Gasteiger partial charge is 0.461 e. The summed E-state index contributed by atoms with van der Waals surface area (Å²) in [5.74, 6) is -0.415. The second-order valence-electron chi connectivity index (χ2n) is 5.24. The Labute approximate surface area is 119 Å². The maximum Gasteiger partial charge on any atom is 0.355 e. The Morgan fingerprint density at radius 1 is 1.40 bits per heavy atom. The molecular weight excluding hydrogens is 256 g/mol. The van der Waals surface area contributed by atoms with Gasteiger partial charge in [-0.25, -0.2) is 4.79 Å². The van der Waals surface area contributed by atoms with Gasteiger partial charge in [-0.1, -0.05) is 12.8 Å². The SMILES string of the molecule is CCOC(=O)c1c(C)ccn1CC(=O)NC1CCCC1. The minimum atomic E-state index is -0.372. The molecule has 1 N–H and O–H groups in total. The van der Waals surface area contributed by atoms with E-state index in [9.17, 15) is 9.59 Å². The number of aryl methyl sites for hydroxylation is 1. The van der Waals surface area contributed by atoms with Gasteiger partial charge in [0.25, 0.3) is 0 Å². The molecule has 0 saturated heterocycles. The second-order valence-corrected chi connectivity index (χ2v) is 5.24. The molecule has 0 aromatic carbocycles. The van der Waals surface area contributed by atoms with Crippen molar-refractivity contribution in [2.24, 2.45) is 0 Å². The van der Waals surface area contributed by atoms with Crippen LogP contribution in [0.5, 0.6) is 0 Å². The molecule has 0 aliphatic heterocycles. The van der Waals surface area contributed by atoms with Crippen LogP contribution >= 0.6 is 0 Å². The molecule has 0 atom stereocenters. The highest BCUT2D eigenvalue weighted by Gasteiger charge is 2.20. The molecule has 1 saturated carbocycles. The smallest absolute Gasteiger partial charge is 0.355 e. The van der Waals surface area contributed by atoms with Gasteiger partial charge in [-0.2, -0.15) is 0 Å². The number of rotatable bonds is 5. The molecule has 1 aromatic rings. The summed E-state index contributed by atoms with van der Waals surface area (Å²) in [5.41, 5.74) is 1.30. The quantitative estimate of drug-likeness (QED) is 0.838. The molecule has 0 unspecified atom stereocenters. The van der Waals surface area contributed by atoms with Crippen LogP contribution in [0.15, 0.2) is 12.3 Å². The van der Waals surface area contributed by atoms with E-state index < -0.39 is 0 Å². The monoisotopic (exact) mass is 278 g/mol. The van der Waals surface area contributed by atoms with Crippen molar-refractivity contribution in [2.75, 3.05) is 6.61 Å². The Balaban J connectivity index is 2.01. The van der Waals surface area contributed by atoms with E-state index in [-0.39, 0.29) is 18.4 Å². The van der Waals surface area contributed by atoms with E-state index in [4.69, 9.17) is 4.74 Å². The van der Waals surface area contributed by atoms with Crippen molar-refractivity contribution in [1.29, 1.82) is 0 Å². The molecule has 20 heavy (non-hydrogen) atoms. The number of ether oxygens (including phenoxy) is 1. The topological polar surface area (TPSA) is 60.3 Å². The standard InChI is InChI=1S/C15H22N2O3/c1-3-20-15(19)14-11(2)8-9-17(14)10-13(18)16-12-6-4-5-7-12/h8-9,12H,3-7,10H2,1-2H3,(H,16,18). The number of amides is 1. The summed E-state index contributed by atoms with van der Waals surface area (Å²) in [6.45, 7) is 4.11. The highest BCUT2D eigenvalue weighted by atomic mass is 16.5. The average molecular weight is 278 g/mol. The first-order chi connectivity index (χ1) is 9.61. The fourth-order valence-corrected chi connectivity index (χ4v) is 2.69. The number of hydrogen-bond acceptors (Lipinski definition) is 3. The average Bonchev–Trinajstić information content (AvgIpc) is 3.00. The molecule has 5 nitrogen and oxygen atoms in total. The number of nitrogens with one attached hydrogen (secondary N) is 1. The van der Waals surface area contributed by atoms with Crippen molar-refractivity contribution >= 4 is 11.9 Å². The molecule has 1 amide bonds. The number of hydrogen-bond donors (Lipinski definition) is 1. The number of esters is 1. The predicted molar refractivity (Wildman–Crippen MR) is 75.5 cm³/mol. The van der Waals surface area contributed by atoms with Gasteiger partial charge in [0.2, 0.25) is 5.91 Å². The Morgan fingerprint density at radius 2 is 2.10 bits per heavy atom. The van der Waals surface area contributed by atoms with E-state index in [1.807, 2.05) is 13.0 Å². The zero-order valence-electron chi connectivity index (χ0n) is 12.1. The van der Waals surface area contributed by atoms with Crippen molar-refractivity contribution < 1.29 is 14.3 Å². The Hall–Kier alpha value is -1.78. The summed E-state index contributed by atoms with van der Waals surface area (Å²) >= 11 is 0. The summed E-state index contributed by atoms with van der Waals surface area (Å²) in [5, 5.41) is 3.02. The lowest BCUT2D eigenvalue weighted by Crippen LogP contribution is -2.35. The first-order valence-corrected chi connectivity index (χ1v) is 7.24. The molecule has 110 valence electrons. The lowest BCUT2D eigenvalue weighted by molar-refractivity contribution is -0.122. The summed E-state index contributed by atoms with van der Waals surface area (Å²) in [4.78, 5) is 23.9. The van der Waals surface area contributed by atoms with E-state index in [1.165, 1.54) is 12.8 Å². The van der Waals surface area contributed by atoms with Crippen molar-refractivity contribution in [3.8, 4) is 0 Å². The molecule has 1 heterocycles. The van der Waals surface area contributed by atoms with Crippen LogP contribution in [0.3, 0.4) is 0 Å². The van der Waals surface area contributed by atoms with E-state index >= 15 is 0 Å². The number of carbonyl (C=O) groups is 2. The third kappa shape index (κ3) is 3.40. The van der Waals surface area contributed by atoms with Gasteiger partial charge in [-0.15, -0.1) is 0 Å². The predicted octanol–water partition coefficient (Wildman–Crippen LogP) is 2.03. The van der Waals surface area contributed by atoms with Crippen LogP contribution < -0.4 is 5.32 Å². The van der Waals surface area contributed by atoms with Crippen molar-refractivity contribution in [3.05, 3.63) is 23.5 Å². The van der Waals surface area contributed by atoms with Crippen LogP contribution in [0.2, 0.25) is 0 Å². The lowest BCUT2D eigenvalue weighted by Gasteiger charge is -2.14. The molecule has 0 radical (unpaired) electrons. The number of aromatic nitrogens is 1. The van der Waals surface area contributed by atoms with Crippen molar-refractivity contribution in [1.82, 2.24) is 9.88 Å². The van der Waals surface area contributed by atoms with Gasteiger partial charge in [-0.05, 0) is 38.3 Å². The molecule has 1 fully saturated rings. The van der Waals surface area contributed by atoms with Crippen molar-refractivity contribution in [2.45, 2.75) is 52.1 Å². The van der Waals surface area contributed by atoms with Gasteiger partial charge in [0.15, 0.2) is 0 Å². The molecule has 2 rings (SSSR count). The second kappa shape index (κ2) is 6.59. The van der Waals surface area contributed by atoms with E-state index in [0.29, 0.717) is 18.3 Å². The summed E-state index contributed by atoms with van der Waals surface area (Å²) in [6, 6.07) is 2.12. The van der Waals surface area contributed by atoms with Gasteiger partial charge in [0.1, 0.15) is 12.2 Å². The molecule has 1 aliphatic rings. The lowest BCUT2D eigenvalue weighted by atomic mass is 10.2. The van der Waals surface area contributed by atoms with Crippen LogP contribution in [0.1, 0.15) is 48.7 Å². The van der Waals surface area contributed by atoms with Gasteiger partial charge >= 0.3 is 5.97 Å². The Morgan fingerprint density at radius 3 is 2.75 bits per heavy atom. The highest BCUT2D eigenvalue weighted by molar-refractivity contribution is 5.90. The summed E-state index contributed by atoms with van der Waals surface area (Å²) in [6.07, 6.45) is 6.24. The minimum Gasteiger partial charge on any atom is -0.461 e. The highest BCUT2D eigenvalue weighted by Crippen LogP contribution is 2.18. The van der Waals surface area contributed by atoms with Crippen LogP contribution in [0.25, 0.3) is 0 Å². The maximum absolute atomic E-state index is 12.0. The van der Waals surface area contributed by atoms with Gasteiger partial charge in [-0.3, -0.25) is 4.79 Å². The van der Waals surface area contributed by atoms with Gasteiger partial charge < -0.3 is 14.6 Å². The van der Waals surface area contributed by atoms with E-state index in [1.54, 1.807) is 17.7 Å². The first-order valence-electron chi connectivity index (χ1n) is 7.24. The third-order valence-corrected chi connectivity index (χ3v) is 3.67. The number of carbonyl (C=O) groups excluding carboxylic acids is 2. The fourth-order valence-electron chi connectivity index (χ4n) is 2.69. The third-order valence-electron chi connectivity index (χ3n) is 3.67. The molecule has 5 heteroatoms. The molecule has 1 aliphatic carbocycles. The molecule has 0 spiro atoms. The van der Waals surface area contributed by atoms with Gasteiger partial charge in [0, 0.05) is 12.2 Å². The van der Waals surface area contributed by atoms with Crippen LogP contribution in [0, 0.1) is 6.92 Å². The molecule has 0 bridgehead atoms. The Bertz CT molecular complexity index is 487. The number of nitrogens with zero attached hydrogens (tertiary/aromatic N) is 1. The summed E-state index contributed by atoms with van der Waals surface area (Å²) < 4.78 is 6.70. The zero-order chi connectivity index (χ0) is 14.5. The van der Waals surface area contributed by atoms with E-state index in [0.717, 1.165) is 18.4 Å². The molecular formula is C15H22N2O3. The Kier molecular flexibility index (Phi) is 4.82.